The van der Waals surface area contributed by atoms with Gasteiger partial charge in [-0.15, -0.1) is 11.3 Å². The molecule has 0 bridgehead atoms. The Morgan fingerprint density at radius 1 is 1.19 bits per heavy atom. The molecule has 2 heteroatoms. The Morgan fingerprint density at radius 2 is 1.94 bits per heavy atom. The van der Waals surface area contributed by atoms with Crippen LogP contribution in [0.5, 0.6) is 0 Å². The van der Waals surface area contributed by atoms with Gasteiger partial charge < -0.3 is 5.32 Å². The summed E-state index contributed by atoms with van der Waals surface area (Å²) in [6.45, 7) is 10.0. The molecule has 0 aliphatic heterocycles. The van der Waals surface area contributed by atoms with Crippen molar-refractivity contribution >= 4 is 11.3 Å². The third-order valence-electron chi connectivity index (χ3n) is 2.78. The van der Waals surface area contributed by atoms with Crippen molar-refractivity contribution in [1.29, 1.82) is 0 Å². The van der Waals surface area contributed by atoms with Crippen LogP contribution in [0.25, 0.3) is 0 Å². The van der Waals surface area contributed by atoms with E-state index in [0.717, 1.165) is 0 Å². The lowest BCUT2D eigenvalue weighted by Gasteiger charge is -2.07. The molecule has 0 saturated heterocycles. The molecule has 0 spiro atoms. The van der Waals surface area contributed by atoms with Crippen molar-refractivity contribution in [1.82, 2.24) is 5.32 Å². The molecule has 0 unspecified atom stereocenters. The van der Waals surface area contributed by atoms with Gasteiger partial charge in [-0.1, -0.05) is 20.3 Å². The molecule has 0 aliphatic rings. The Hall–Kier alpha value is -0.340. The lowest BCUT2D eigenvalue weighted by Crippen LogP contribution is -2.23. The van der Waals surface area contributed by atoms with E-state index in [0.29, 0.717) is 6.04 Å². The van der Waals surface area contributed by atoms with Crippen LogP contribution in [0, 0.1) is 13.8 Å². The first-order chi connectivity index (χ1) is 7.59. The number of thiophene rings is 1. The molecule has 0 aromatic carbocycles. The van der Waals surface area contributed by atoms with Gasteiger partial charge in [-0.25, -0.2) is 0 Å². The molecular formula is C14H25NS. The first-order valence-electron chi connectivity index (χ1n) is 6.39. The van der Waals surface area contributed by atoms with E-state index in [1.807, 2.05) is 11.3 Å². The van der Waals surface area contributed by atoms with Crippen LogP contribution in [-0.4, -0.2) is 12.6 Å². The highest BCUT2D eigenvalue weighted by Gasteiger charge is 2.02. The summed E-state index contributed by atoms with van der Waals surface area (Å²) < 4.78 is 0. The van der Waals surface area contributed by atoms with E-state index in [2.05, 4.69) is 39.1 Å². The molecule has 0 radical (unpaired) electrons. The van der Waals surface area contributed by atoms with Crippen molar-refractivity contribution in [3.05, 3.63) is 21.4 Å². The minimum atomic E-state index is 0.627. The van der Waals surface area contributed by atoms with E-state index < -0.39 is 0 Å². The normalized spacial score (nSPS) is 11.3. The second-order valence-electron chi connectivity index (χ2n) is 4.88. The number of hydrogen-bond donors (Lipinski definition) is 1. The highest BCUT2D eigenvalue weighted by atomic mass is 32.1. The van der Waals surface area contributed by atoms with Gasteiger partial charge in [0.15, 0.2) is 0 Å². The monoisotopic (exact) mass is 239 g/mol. The lowest BCUT2D eigenvalue weighted by molar-refractivity contribution is 0.549. The van der Waals surface area contributed by atoms with E-state index >= 15 is 0 Å². The number of hydrogen-bond acceptors (Lipinski definition) is 2. The van der Waals surface area contributed by atoms with E-state index in [1.54, 1.807) is 4.88 Å². The van der Waals surface area contributed by atoms with Crippen molar-refractivity contribution in [3.8, 4) is 0 Å². The Bertz CT molecular complexity index is 302. The van der Waals surface area contributed by atoms with Crippen LogP contribution in [0.2, 0.25) is 0 Å². The minimum Gasteiger partial charge on any atom is -0.315 e. The molecule has 1 N–H and O–H groups in total. The van der Waals surface area contributed by atoms with Gasteiger partial charge in [-0.2, -0.15) is 0 Å². The lowest BCUT2D eigenvalue weighted by atomic mass is 10.1. The topological polar surface area (TPSA) is 12.0 Å². The Labute approximate surface area is 104 Å². The minimum absolute atomic E-state index is 0.627. The first kappa shape index (κ1) is 13.7. The molecule has 0 fully saturated rings. The fourth-order valence-corrected chi connectivity index (χ4v) is 3.01. The predicted molar refractivity (Wildman–Crippen MR) is 74.5 cm³/mol. The van der Waals surface area contributed by atoms with Crippen LogP contribution in [-0.2, 0) is 6.42 Å². The number of rotatable bonds is 7. The summed E-state index contributed by atoms with van der Waals surface area (Å²) in [6, 6.07) is 2.93. The summed E-state index contributed by atoms with van der Waals surface area (Å²) in [6.07, 6.45) is 5.25. The van der Waals surface area contributed by atoms with E-state index in [-0.39, 0.29) is 0 Å². The first-order valence-corrected chi connectivity index (χ1v) is 7.20. The van der Waals surface area contributed by atoms with Gasteiger partial charge in [0, 0.05) is 15.8 Å². The fraction of sp³-hybridized carbons (Fsp3) is 0.714. The Balaban J connectivity index is 2.09. The highest BCUT2D eigenvalue weighted by molar-refractivity contribution is 7.12. The van der Waals surface area contributed by atoms with Crippen LogP contribution in [0.3, 0.4) is 0 Å². The van der Waals surface area contributed by atoms with Crippen molar-refractivity contribution in [2.45, 2.75) is 59.4 Å². The summed E-state index contributed by atoms with van der Waals surface area (Å²) in [5.74, 6) is 0. The standard InChI is InChI=1S/C14H25NS/c1-11(2)15-9-7-5-6-8-14-12(3)10-13(4)16-14/h10-11,15H,5-9H2,1-4H3. The predicted octanol–water partition coefficient (Wildman–Crippen LogP) is 4.08. The van der Waals surface area contributed by atoms with Gasteiger partial charge in [0.05, 0.1) is 0 Å². The van der Waals surface area contributed by atoms with E-state index in [4.69, 9.17) is 0 Å². The summed E-state index contributed by atoms with van der Waals surface area (Å²) >= 11 is 1.97. The van der Waals surface area contributed by atoms with E-state index in [9.17, 15) is 0 Å². The number of nitrogens with one attached hydrogen (secondary N) is 1. The van der Waals surface area contributed by atoms with Gasteiger partial charge in [0.25, 0.3) is 0 Å². The third kappa shape index (κ3) is 5.13. The van der Waals surface area contributed by atoms with Crippen molar-refractivity contribution < 1.29 is 0 Å². The van der Waals surface area contributed by atoms with Crippen LogP contribution < -0.4 is 5.32 Å². The maximum absolute atomic E-state index is 3.46. The van der Waals surface area contributed by atoms with Gasteiger partial charge in [-0.05, 0) is 51.3 Å². The van der Waals surface area contributed by atoms with Crippen LogP contribution in [0.1, 0.15) is 48.4 Å². The van der Waals surface area contributed by atoms with Gasteiger partial charge in [0.1, 0.15) is 0 Å². The van der Waals surface area contributed by atoms with Crippen LogP contribution >= 0.6 is 11.3 Å². The average molecular weight is 239 g/mol. The van der Waals surface area contributed by atoms with Crippen molar-refractivity contribution in [2.24, 2.45) is 0 Å². The molecule has 0 aliphatic carbocycles. The van der Waals surface area contributed by atoms with Gasteiger partial charge in [-0.3, -0.25) is 0 Å². The molecule has 1 aromatic heterocycles. The molecule has 16 heavy (non-hydrogen) atoms. The maximum Gasteiger partial charge on any atom is 0.00772 e. The zero-order chi connectivity index (χ0) is 12.0. The molecule has 1 heterocycles. The maximum atomic E-state index is 3.46. The van der Waals surface area contributed by atoms with Crippen molar-refractivity contribution in [3.63, 3.8) is 0 Å². The SMILES string of the molecule is Cc1cc(C)c(CCCCCNC(C)C)s1. The number of unbranched alkanes of at least 4 members (excludes halogenated alkanes) is 2. The zero-order valence-electron chi connectivity index (χ0n) is 11.1. The summed E-state index contributed by atoms with van der Waals surface area (Å²) in [5.41, 5.74) is 1.49. The second-order valence-corrected chi connectivity index (χ2v) is 6.22. The molecule has 1 nitrogen and oxygen atoms in total. The number of aryl methyl sites for hydroxylation is 3. The van der Waals surface area contributed by atoms with Crippen LogP contribution in [0.4, 0.5) is 0 Å². The molecule has 1 rings (SSSR count). The molecule has 92 valence electrons. The second kappa shape index (κ2) is 7.08. The third-order valence-corrected chi connectivity index (χ3v) is 3.99. The molecule has 0 atom stereocenters. The quantitative estimate of drug-likeness (QED) is 0.707. The van der Waals surface area contributed by atoms with Gasteiger partial charge >= 0.3 is 0 Å². The van der Waals surface area contributed by atoms with E-state index in [1.165, 1.54) is 42.7 Å². The van der Waals surface area contributed by atoms with Crippen molar-refractivity contribution in [2.75, 3.05) is 6.54 Å². The molecule has 0 amide bonds. The smallest absolute Gasteiger partial charge is 0.00772 e. The largest absolute Gasteiger partial charge is 0.315 e. The molecular weight excluding hydrogens is 214 g/mol. The van der Waals surface area contributed by atoms with Crippen LogP contribution in [0.15, 0.2) is 6.07 Å². The Morgan fingerprint density at radius 3 is 2.50 bits per heavy atom. The average Bonchev–Trinajstić information content (AvgIpc) is 2.50. The Kier molecular flexibility index (Phi) is 6.07. The molecule has 0 saturated carbocycles. The summed E-state index contributed by atoms with van der Waals surface area (Å²) in [7, 11) is 0. The fourth-order valence-electron chi connectivity index (χ4n) is 1.92. The summed E-state index contributed by atoms with van der Waals surface area (Å²) in [4.78, 5) is 3.04. The zero-order valence-corrected chi connectivity index (χ0v) is 11.9. The highest BCUT2D eigenvalue weighted by Crippen LogP contribution is 2.22. The summed E-state index contributed by atoms with van der Waals surface area (Å²) in [5, 5.41) is 3.46. The molecule has 1 aromatic rings. The van der Waals surface area contributed by atoms with Gasteiger partial charge in [0.2, 0.25) is 0 Å².